The Labute approximate surface area is 277 Å². The van der Waals surface area contributed by atoms with Gasteiger partial charge in [-0.2, -0.15) is 0 Å². The van der Waals surface area contributed by atoms with Crippen LogP contribution in [0.15, 0.2) is 24.3 Å². The minimum absolute atomic E-state index is 0. The number of piperidine rings is 2. The number of sulfone groups is 1. The zero-order valence-corrected chi connectivity index (χ0v) is 29.3. The Morgan fingerprint density at radius 1 is 0.822 bits per heavy atom. The van der Waals surface area contributed by atoms with Crippen molar-refractivity contribution in [2.45, 2.75) is 103 Å². The number of hydrogen-bond donors (Lipinski definition) is 2. The van der Waals surface area contributed by atoms with Crippen molar-refractivity contribution in [1.82, 2.24) is 15.1 Å². The highest BCUT2D eigenvalue weighted by molar-refractivity contribution is 7.90. The van der Waals surface area contributed by atoms with Crippen LogP contribution in [-0.2, 0) is 25.2 Å². The van der Waals surface area contributed by atoms with Gasteiger partial charge in [-0.1, -0.05) is 39.8 Å². The average Bonchev–Trinajstić information content (AvgIpc) is 3.85. The van der Waals surface area contributed by atoms with Crippen LogP contribution in [0.1, 0.15) is 78.2 Å². The fourth-order valence-electron chi connectivity index (χ4n) is 8.18. The van der Waals surface area contributed by atoms with Crippen molar-refractivity contribution >= 4 is 39.7 Å². The molecule has 4 heterocycles. The Balaban J connectivity index is 0.000000188. The van der Waals surface area contributed by atoms with E-state index in [-0.39, 0.29) is 48.2 Å². The van der Waals surface area contributed by atoms with Gasteiger partial charge in [0.25, 0.3) is 0 Å². The Kier molecular flexibility index (Phi) is 12.3. The summed E-state index contributed by atoms with van der Waals surface area (Å²) in [7, 11) is -3.13. The highest BCUT2D eigenvalue weighted by Crippen LogP contribution is 2.38. The molecule has 0 spiro atoms. The molecule has 2 amide bonds. The number of anilines is 1. The molecule has 6 bridgehead atoms. The van der Waals surface area contributed by atoms with E-state index in [0.717, 1.165) is 55.2 Å². The summed E-state index contributed by atoms with van der Waals surface area (Å²) in [6.07, 6.45) is 9.32. The number of likely N-dealkylation sites (tertiary alicyclic amines) is 2. The summed E-state index contributed by atoms with van der Waals surface area (Å²) in [5.41, 5.74) is 7.24. The first kappa shape index (κ1) is 36.0. The van der Waals surface area contributed by atoms with E-state index in [2.05, 4.69) is 15.1 Å². The van der Waals surface area contributed by atoms with E-state index in [9.17, 15) is 18.0 Å². The first-order valence-electron chi connectivity index (χ1n) is 17.0. The first-order valence-corrected chi connectivity index (χ1v) is 18.9. The third-order valence-corrected chi connectivity index (χ3v) is 12.2. The lowest BCUT2D eigenvalue weighted by molar-refractivity contribution is -0.136. The molecular weight excluding hydrogens is 610 g/mol. The third-order valence-electron chi connectivity index (χ3n) is 10.5. The van der Waals surface area contributed by atoms with Crippen molar-refractivity contribution in [3.63, 3.8) is 0 Å². The summed E-state index contributed by atoms with van der Waals surface area (Å²) in [6.45, 7) is 12.0. The fourth-order valence-corrected chi connectivity index (χ4v) is 9.38. The summed E-state index contributed by atoms with van der Waals surface area (Å²) in [5, 5.41) is 3.46. The number of carbonyl (C=O) groups excluding carboxylic acids is 2. The normalized spacial score (nSPS) is 29.1. The molecule has 0 radical (unpaired) electrons. The molecule has 9 nitrogen and oxygen atoms in total. The second-order valence-electron chi connectivity index (χ2n) is 14.7. The van der Waals surface area contributed by atoms with Crippen LogP contribution in [0.5, 0.6) is 0 Å². The number of nitrogens with two attached hydrogens (primary N) is 1. The molecule has 1 aromatic carbocycles. The molecule has 1 aromatic rings. The monoisotopic (exact) mass is 665 g/mol. The van der Waals surface area contributed by atoms with Gasteiger partial charge in [0.05, 0.1) is 17.5 Å². The van der Waals surface area contributed by atoms with E-state index in [1.54, 1.807) is 0 Å². The fraction of sp³-hybridized carbons (Fsp3) is 0.765. The standard InChI is InChI=1S/C18H27N3O3S.C10H17NO.C6H11N.ClH/c1-13(2)18(22)21-11-16-9-17(21)10-20(16)15-5-3-14(4-6-15)12-25(23,24)8-7-19;1-7(2)10(12)11-6-8-3-4-9(11)5-8;1-2-6-3-5(1)4-7-6;/h3-6,13,16-17H,7-12,19H2,1-2H3;7-9H,3-6H2,1-2H3;5-7H,1-4H2;1H/t16-,17-;8-,9+;5-,6+;/m000./s1. The van der Waals surface area contributed by atoms with E-state index >= 15 is 0 Å². The predicted octanol–water partition coefficient (Wildman–Crippen LogP) is 3.84. The van der Waals surface area contributed by atoms with Gasteiger partial charge in [0.1, 0.15) is 0 Å². The summed E-state index contributed by atoms with van der Waals surface area (Å²) < 4.78 is 23.7. The number of nitrogens with zero attached hydrogens (tertiary/aromatic N) is 3. The first-order chi connectivity index (χ1) is 20.9. The lowest BCUT2D eigenvalue weighted by Gasteiger charge is -2.36. The minimum Gasteiger partial charge on any atom is -0.365 e. The molecule has 6 atom stereocenters. The van der Waals surface area contributed by atoms with Gasteiger partial charge in [0, 0.05) is 61.8 Å². The second-order valence-corrected chi connectivity index (χ2v) is 16.8. The number of hydrogen-bond acceptors (Lipinski definition) is 7. The summed E-state index contributed by atoms with van der Waals surface area (Å²) in [5.74, 6) is 2.78. The smallest absolute Gasteiger partial charge is 0.225 e. The maximum atomic E-state index is 12.3. The van der Waals surface area contributed by atoms with Crippen molar-refractivity contribution in [3.05, 3.63) is 29.8 Å². The van der Waals surface area contributed by atoms with Gasteiger partial charge in [-0.3, -0.25) is 9.59 Å². The molecule has 6 fully saturated rings. The van der Waals surface area contributed by atoms with Crippen molar-refractivity contribution in [3.8, 4) is 0 Å². The van der Waals surface area contributed by atoms with Crippen molar-refractivity contribution in [1.29, 1.82) is 0 Å². The van der Waals surface area contributed by atoms with Crippen LogP contribution in [0.25, 0.3) is 0 Å². The molecule has 0 aromatic heterocycles. The second kappa shape index (κ2) is 15.3. The highest BCUT2D eigenvalue weighted by Gasteiger charge is 2.45. The van der Waals surface area contributed by atoms with Crippen LogP contribution >= 0.6 is 12.4 Å². The Hall–Kier alpha value is -1.88. The summed E-state index contributed by atoms with van der Waals surface area (Å²) in [6, 6.07) is 9.92. The van der Waals surface area contributed by atoms with Crippen LogP contribution in [0.4, 0.5) is 5.69 Å². The van der Waals surface area contributed by atoms with E-state index in [4.69, 9.17) is 5.73 Å². The minimum atomic E-state index is -3.13. The molecule has 11 heteroatoms. The average molecular weight is 666 g/mol. The van der Waals surface area contributed by atoms with Gasteiger partial charge < -0.3 is 25.8 Å². The molecule has 3 N–H and O–H groups in total. The van der Waals surface area contributed by atoms with Crippen LogP contribution in [-0.4, -0.2) is 92.7 Å². The number of piperazine rings is 1. The van der Waals surface area contributed by atoms with Crippen LogP contribution in [0.3, 0.4) is 0 Å². The third kappa shape index (κ3) is 8.73. The maximum absolute atomic E-state index is 12.3. The van der Waals surface area contributed by atoms with Crippen LogP contribution < -0.4 is 16.0 Å². The molecule has 4 saturated heterocycles. The van der Waals surface area contributed by atoms with Crippen molar-refractivity contribution in [2.75, 3.05) is 43.4 Å². The molecule has 0 unspecified atom stereocenters. The topological polar surface area (TPSA) is 116 Å². The number of nitrogens with one attached hydrogen (secondary N) is 1. The molecule has 7 rings (SSSR count). The predicted molar refractivity (Wildman–Crippen MR) is 183 cm³/mol. The number of benzene rings is 1. The van der Waals surface area contributed by atoms with Crippen molar-refractivity contribution in [2.24, 2.45) is 29.4 Å². The molecule has 254 valence electrons. The van der Waals surface area contributed by atoms with Crippen LogP contribution in [0.2, 0.25) is 0 Å². The molecular formula is C34H56ClN5O4S. The lowest BCUT2D eigenvalue weighted by atomic mass is 10.1. The molecule has 2 aliphatic carbocycles. The molecule has 4 aliphatic heterocycles. The van der Waals surface area contributed by atoms with Gasteiger partial charge in [-0.05, 0) is 81.0 Å². The van der Waals surface area contributed by atoms with E-state index in [1.165, 1.54) is 45.1 Å². The van der Waals surface area contributed by atoms with Gasteiger partial charge in [0.15, 0.2) is 9.84 Å². The Morgan fingerprint density at radius 2 is 1.47 bits per heavy atom. The largest absolute Gasteiger partial charge is 0.365 e. The zero-order chi connectivity index (χ0) is 31.6. The Morgan fingerprint density at radius 3 is 1.87 bits per heavy atom. The van der Waals surface area contributed by atoms with E-state index < -0.39 is 9.84 Å². The van der Waals surface area contributed by atoms with Gasteiger partial charge in [-0.25, -0.2) is 8.42 Å². The maximum Gasteiger partial charge on any atom is 0.225 e. The van der Waals surface area contributed by atoms with E-state index in [1.807, 2.05) is 56.9 Å². The molecule has 2 saturated carbocycles. The number of rotatable bonds is 7. The highest BCUT2D eigenvalue weighted by atomic mass is 35.5. The molecule has 6 aliphatic rings. The van der Waals surface area contributed by atoms with Gasteiger partial charge >= 0.3 is 0 Å². The van der Waals surface area contributed by atoms with Gasteiger partial charge in [0.2, 0.25) is 11.8 Å². The zero-order valence-electron chi connectivity index (χ0n) is 27.7. The summed E-state index contributed by atoms with van der Waals surface area (Å²) >= 11 is 0. The summed E-state index contributed by atoms with van der Waals surface area (Å²) in [4.78, 5) is 30.4. The number of halogens is 1. The van der Waals surface area contributed by atoms with Crippen LogP contribution in [0, 0.1) is 23.7 Å². The molecule has 45 heavy (non-hydrogen) atoms. The Bertz CT molecular complexity index is 1240. The quantitative estimate of drug-likeness (QED) is 0.455. The van der Waals surface area contributed by atoms with Gasteiger partial charge in [-0.15, -0.1) is 12.4 Å². The van der Waals surface area contributed by atoms with E-state index in [0.29, 0.717) is 24.0 Å². The lowest BCUT2D eigenvalue weighted by Crippen LogP contribution is -2.50. The SMILES string of the molecule is C1C[C@@H]2C[C@H]1CN2.CC(C)C(=O)N1C[C@@H]2C[C@H]1CN2c1ccc(CS(=O)(=O)CCN)cc1.CC(C)C(=O)N1C[C@H]2CC[C@@H]1C2.Cl. The number of amides is 2. The van der Waals surface area contributed by atoms with Crippen molar-refractivity contribution < 1.29 is 18.0 Å². The number of fused-ring (bicyclic) bond motifs is 6. The number of carbonyl (C=O) groups is 2.